The highest BCUT2D eigenvalue weighted by Crippen LogP contribution is 2.16. The third kappa shape index (κ3) is 4.32. The summed E-state index contributed by atoms with van der Waals surface area (Å²) >= 11 is 0. The van der Waals surface area contributed by atoms with E-state index in [4.69, 9.17) is 4.74 Å². The maximum Gasteiger partial charge on any atom is 0.251 e. The van der Waals surface area contributed by atoms with Crippen LogP contribution in [0.25, 0.3) is 0 Å². The molecule has 3 rings (SSSR count). The third-order valence-corrected chi connectivity index (χ3v) is 4.74. The molecule has 1 atom stereocenters. The number of carbonyl (C=O) groups is 2. The Morgan fingerprint density at radius 1 is 1.08 bits per heavy atom. The minimum absolute atomic E-state index is 0.0959. The average Bonchev–Trinajstić information content (AvgIpc) is 3.04. The van der Waals surface area contributed by atoms with Crippen LogP contribution < -0.4 is 0 Å². The van der Waals surface area contributed by atoms with E-state index in [1.165, 1.54) is 0 Å². The van der Waals surface area contributed by atoms with Crippen LogP contribution in [0.3, 0.4) is 0 Å². The van der Waals surface area contributed by atoms with Crippen molar-refractivity contribution in [3.8, 4) is 0 Å². The van der Waals surface area contributed by atoms with Gasteiger partial charge in [0.25, 0.3) is 5.91 Å². The lowest BCUT2D eigenvalue weighted by Crippen LogP contribution is -2.41. The molecule has 2 saturated heterocycles. The molecule has 2 amide bonds. The van der Waals surface area contributed by atoms with Crippen LogP contribution in [-0.4, -0.2) is 65.5 Å². The second-order valence-corrected chi connectivity index (χ2v) is 6.42. The predicted octanol–water partition coefficient (Wildman–Crippen LogP) is 1.25. The number of rotatable bonds is 4. The van der Waals surface area contributed by atoms with Crippen molar-refractivity contribution in [3.05, 3.63) is 30.1 Å². The molecule has 0 N–H and O–H groups in total. The van der Waals surface area contributed by atoms with Crippen LogP contribution in [-0.2, 0) is 20.7 Å². The summed E-state index contributed by atoms with van der Waals surface area (Å²) in [5.74, 6) is 0.261. The molecule has 6 nitrogen and oxygen atoms in total. The lowest BCUT2D eigenvalue weighted by Gasteiger charge is -2.24. The second-order valence-electron chi connectivity index (χ2n) is 6.42. The number of aryl methyl sites for hydroxylation is 1. The van der Waals surface area contributed by atoms with Crippen LogP contribution in [0, 0.1) is 0 Å². The van der Waals surface area contributed by atoms with Crippen molar-refractivity contribution in [1.82, 2.24) is 14.8 Å². The number of nitrogens with zero attached hydrogens (tertiary/aromatic N) is 3. The molecule has 1 aromatic rings. The summed E-state index contributed by atoms with van der Waals surface area (Å²) in [7, 11) is 0. The predicted molar refractivity (Wildman–Crippen MR) is 89.3 cm³/mol. The summed E-state index contributed by atoms with van der Waals surface area (Å²) in [6.45, 7) is 3.36. The molecule has 6 heteroatoms. The molecule has 0 bridgehead atoms. The van der Waals surface area contributed by atoms with Crippen molar-refractivity contribution in [2.75, 3.05) is 32.8 Å². The zero-order valence-electron chi connectivity index (χ0n) is 14.0. The van der Waals surface area contributed by atoms with Crippen molar-refractivity contribution in [2.45, 2.75) is 38.2 Å². The van der Waals surface area contributed by atoms with Crippen LogP contribution in [0.15, 0.2) is 24.5 Å². The van der Waals surface area contributed by atoms with Crippen LogP contribution in [0.5, 0.6) is 0 Å². The lowest BCUT2D eigenvalue weighted by molar-refractivity contribution is -0.141. The highest BCUT2D eigenvalue weighted by atomic mass is 16.5. The van der Waals surface area contributed by atoms with Gasteiger partial charge in [-0.1, -0.05) is 0 Å². The van der Waals surface area contributed by atoms with E-state index >= 15 is 0 Å². The number of pyridine rings is 1. The number of hydrogen-bond donors (Lipinski definition) is 0. The molecular weight excluding hydrogens is 306 g/mol. The standard InChI is InChI=1S/C18H25N3O3/c22-17(5-4-15-6-8-19-9-7-15)20-10-2-11-21(13-12-20)18(23)16-3-1-14-24-16/h6-9,16H,1-5,10-14H2. The minimum Gasteiger partial charge on any atom is -0.368 e. The van der Waals surface area contributed by atoms with Crippen molar-refractivity contribution in [2.24, 2.45) is 0 Å². The molecule has 0 saturated carbocycles. The molecule has 1 unspecified atom stereocenters. The zero-order chi connectivity index (χ0) is 16.8. The number of amides is 2. The minimum atomic E-state index is -0.265. The van der Waals surface area contributed by atoms with Crippen LogP contribution in [0.2, 0.25) is 0 Å². The van der Waals surface area contributed by atoms with Gasteiger partial charge >= 0.3 is 0 Å². The van der Waals surface area contributed by atoms with Gasteiger partial charge in [0, 0.05) is 51.6 Å². The molecule has 24 heavy (non-hydrogen) atoms. The summed E-state index contributed by atoms with van der Waals surface area (Å²) in [5, 5.41) is 0. The smallest absolute Gasteiger partial charge is 0.251 e. The van der Waals surface area contributed by atoms with Gasteiger partial charge in [0.2, 0.25) is 5.91 Å². The second kappa shape index (κ2) is 8.24. The van der Waals surface area contributed by atoms with Gasteiger partial charge < -0.3 is 14.5 Å². The highest BCUT2D eigenvalue weighted by Gasteiger charge is 2.29. The first kappa shape index (κ1) is 16.9. The fourth-order valence-electron chi connectivity index (χ4n) is 3.32. The van der Waals surface area contributed by atoms with E-state index in [0.29, 0.717) is 32.7 Å². The van der Waals surface area contributed by atoms with E-state index in [1.807, 2.05) is 21.9 Å². The highest BCUT2D eigenvalue weighted by molar-refractivity contribution is 5.81. The summed E-state index contributed by atoms with van der Waals surface area (Å²) in [6.07, 6.45) is 7.09. The van der Waals surface area contributed by atoms with Crippen molar-refractivity contribution in [1.29, 1.82) is 0 Å². The molecule has 2 aliphatic rings. The molecule has 0 aromatic carbocycles. The molecule has 130 valence electrons. The van der Waals surface area contributed by atoms with E-state index in [0.717, 1.165) is 37.8 Å². The van der Waals surface area contributed by atoms with E-state index in [2.05, 4.69) is 4.98 Å². The molecular formula is C18H25N3O3. The third-order valence-electron chi connectivity index (χ3n) is 4.74. The summed E-state index contributed by atoms with van der Waals surface area (Å²) in [6, 6.07) is 3.88. The Kier molecular flexibility index (Phi) is 5.80. The Morgan fingerprint density at radius 2 is 1.83 bits per heavy atom. The molecule has 3 heterocycles. The average molecular weight is 331 g/mol. The van der Waals surface area contributed by atoms with Crippen LogP contribution in [0.1, 0.15) is 31.2 Å². The van der Waals surface area contributed by atoms with Gasteiger partial charge in [-0.05, 0) is 43.4 Å². The first-order chi connectivity index (χ1) is 11.7. The molecule has 0 radical (unpaired) electrons. The van der Waals surface area contributed by atoms with Gasteiger partial charge in [-0.25, -0.2) is 0 Å². The van der Waals surface area contributed by atoms with E-state index in [1.54, 1.807) is 12.4 Å². The van der Waals surface area contributed by atoms with Gasteiger partial charge in [0.1, 0.15) is 6.10 Å². The van der Waals surface area contributed by atoms with Crippen LogP contribution >= 0.6 is 0 Å². The van der Waals surface area contributed by atoms with Crippen molar-refractivity contribution in [3.63, 3.8) is 0 Å². The van der Waals surface area contributed by atoms with Gasteiger partial charge in [-0.15, -0.1) is 0 Å². The van der Waals surface area contributed by atoms with Gasteiger partial charge in [-0.3, -0.25) is 14.6 Å². The van der Waals surface area contributed by atoms with E-state index in [9.17, 15) is 9.59 Å². The Morgan fingerprint density at radius 3 is 2.58 bits per heavy atom. The molecule has 1 aromatic heterocycles. The number of aromatic nitrogens is 1. The van der Waals surface area contributed by atoms with Crippen LogP contribution in [0.4, 0.5) is 0 Å². The van der Waals surface area contributed by atoms with Gasteiger partial charge in [0.15, 0.2) is 0 Å². The molecule has 0 aliphatic carbocycles. The topological polar surface area (TPSA) is 62.7 Å². The largest absolute Gasteiger partial charge is 0.368 e. The van der Waals surface area contributed by atoms with Crippen molar-refractivity contribution >= 4 is 11.8 Å². The maximum atomic E-state index is 12.4. The fraction of sp³-hybridized carbons (Fsp3) is 0.611. The van der Waals surface area contributed by atoms with E-state index in [-0.39, 0.29) is 17.9 Å². The summed E-state index contributed by atoms with van der Waals surface area (Å²) in [4.78, 5) is 32.6. The van der Waals surface area contributed by atoms with Crippen molar-refractivity contribution < 1.29 is 14.3 Å². The zero-order valence-corrected chi connectivity index (χ0v) is 14.0. The quantitative estimate of drug-likeness (QED) is 0.833. The Hall–Kier alpha value is -1.95. The summed E-state index contributed by atoms with van der Waals surface area (Å²) in [5.41, 5.74) is 1.13. The Bertz CT molecular complexity index is 558. The maximum absolute atomic E-state index is 12.4. The number of ether oxygens (including phenoxy) is 1. The first-order valence-corrected chi connectivity index (χ1v) is 8.81. The summed E-state index contributed by atoms with van der Waals surface area (Å²) < 4.78 is 5.49. The Labute approximate surface area is 142 Å². The number of carbonyl (C=O) groups excluding carboxylic acids is 2. The van der Waals surface area contributed by atoms with Gasteiger partial charge in [-0.2, -0.15) is 0 Å². The molecule has 0 spiro atoms. The fourth-order valence-corrected chi connectivity index (χ4v) is 3.32. The Balaban J connectivity index is 1.47. The first-order valence-electron chi connectivity index (χ1n) is 8.81. The monoisotopic (exact) mass is 331 g/mol. The SMILES string of the molecule is O=C(CCc1ccncc1)N1CCCN(C(=O)C2CCCO2)CC1. The van der Waals surface area contributed by atoms with Gasteiger partial charge in [0.05, 0.1) is 0 Å². The van der Waals surface area contributed by atoms with E-state index < -0.39 is 0 Å². The normalized spacial score (nSPS) is 21.6. The number of hydrogen-bond acceptors (Lipinski definition) is 4. The molecule has 2 aliphatic heterocycles. The molecule has 2 fully saturated rings. The lowest BCUT2D eigenvalue weighted by atomic mass is 10.1.